The maximum Gasteiger partial charge on any atom is 0.471 e. The van der Waals surface area contributed by atoms with Gasteiger partial charge >= 0.3 is 12.1 Å². The quantitative estimate of drug-likeness (QED) is 0.434. The number of hydrogen-bond acceptors (Lipinski definition) is 5. The van der Waals surface area contributed by atoms with Crippen molar-refractivity contribution in [2.24, 2.45) is 5.10 Å². The molecule has 2 N–H and O–H groups in total. The number of nitrogens with zero attached hydrogens (tertiary/aromatic N) is 2. The van der Waals surface area contributed by atoms with Gasteiger partial charge in [0.05, 0.1) is 17.1 Å². The molecule has 0 atom stereocenters. The molecular formula is C18H15F3N4O4. The molecule has 2 amide bonds. The van der Waals surface area contributed by atoms with Crippen LogP contribution in [0.2, 0.25) is 0 Å². The topological polar surface area (TPSA) is 114 Å². The third-order valence-corrected chi connectivity index (χ3v) is 3.71. The predicted molar refractivity (Wildman–Crippen MR) is 98.3 cm³/mol. The Morgan fingerprint density at radius 3 is 2.31 bits per heavy atom. The molecule has 0 saturated heterocycles. The molecule has 0 aliphatic rings. The minimum absolute atomic E-state index is 0.0516. The van der Waals surface area contributed by atoms with Gasteiger partial charge in [0.25, 0.3) is 5.69 Å². The van der Waals surface area contributed by atoms with Crippen molar-refractivity contribution in [2.75, 3.05) is 5.32 Å². The van der Waals surface area contributed by atoms with Crippen molar-refractivity contribution in [1.29, 1.82) is 0 Å². The number of alkyl halides is 3. The number of rotatable bonds is 6. The lowest BCUT2D eigenvalue weighted by atomic mass is 10.1. The summed E-state index contributed by atoms with van der Waals surface area (Å²) in [6.07, 6.45) is -5.25. The normalized spacial score (nSPS) is 11.7. The zero-order valence-electron chi connectivity index (χ0n) is 15.0. The molecule has 2 aromatic rings. The van der Waals surface area contributed by atoms with Crippen LogP contribution < -0.4 is 10.7 Å². The number of para-hydroxylation sites is 1. The number of nitrogens with one attached hydrogen (secondary N) is 2. The lowest BCUT2D eigenvalue weighted by Crippen LogP contribution is -2.29. The molecular weight excluding hydrogens is 393 g/mol. The van der Waals surface area contributed by atoms with Gasteiger partial charge in [0, 0.05) is 17.3 Å². The van der Waals surface area contributed by atoms with Crippen molar-refractivity contribution in [2.45, 2.75) is 19.5 Å². The Labute approximate surface area is 162 Å². The van der Waals surface area contributed by atoms with Gasteiger partial charge in [-0.1, -0.05) is 30.3 Å². The van der Waals surface area contributed by atoms with E-state index >= 15 is 0 Å². The summed E-state index contributed by atoms with van der Waals surface area (Å²) in [7, 11) is 0. The standard InChI is InChI=1S/C18H15F3N4O4/c1-11(12-6-8-14(9-7-12)22-17(27)18(19,20)21)23-24-16(26)10-13-4-2-3-5-15(13)25(28)29/h2-9H,10H2,1H3,(H,22,27)(H,24,26). The van der Waals surface area contributed by atoms with Crippen LogP contribution in [0.4, 0.5) is 24.5 Å². The first-order valence-corrected chi connectivity index (χ1v) is 8.12. The molecule has 11 heteroatoms. The van der Waals surface area contributed by atoms with E-state index in [4.69, 9.17) is 0 Å². The highest BCUT2D eigenvalue weighted by Gasteiger charge is 2.38. The lowest BCUT2D eigenvalue weighted by Gasteiger charge is -2.08. The smallest absolute Gasteiger partial charge is 0.318 e. The minimum atomic E-state index is -4.99. The van der Waals surface area contributed by atoms with Gasteiger partial charge in [-0.2, -0.15) is 18.3 Å². The number of nitro benzene ring substituents is 1. The van der Waals surface area contributed by atoms with Crippen molar-refractivity contribution < 1.29 is 27.7 Å². The summed E-state index contributed by atoms with van der Waals surface area (Å²) in [6, 6.07) is 11.2. The molecule has 8 nitrogen and oxygen atoms in total. The number of carbonyl (C=O) groups is 2. The van der Waals surface area contributed by atoms with Crippen molar-refractivity contribution in [3.63, 3.8) is 0 Å². The van der Waals surface area contributed by atoms with E-state index in [1.54, 1.807) is 18.3 Å². The number of benzene rings is 2. The summed E-state index contributed by atoms with van der Waals surface area (Å²) in [5.41, 5.74) is 3.10. The highest BCUT2D eigenvalue weighted by Crippen LogP contribution is 2.19. The number of anilines is 1. The average Bonchev–Trinajstić information content (AvgIpc) is 2.66. The Kier molecular flexibility index (Phi) is 6.65. The molecule has 0 heterocycles. The summed E-state index contributed by atoms with van der Waals surface area (Å²) in [6.45, 7) is 1.55. The van der Waals surface area contributed by atoms with Crippen LogP contribution in [0.1, 0.15) is 18.1 Å². The SMILES string of the molecule is CC(=NNC(=O)Cc1ccccc1[N+](=O)[O-])c1ccc(NC(=O)C(F)(F)F)cc1. The van der Waals surface area contributed by atoms with Gasteiger partial charge in [-0.05, 0) is 24.6 Å². The van der Waals surface area contributed by atoms with Crippen LogP contribution in [0.15, 0.2) is 53.6 Å². The third kappa shape index (κ3) is 6.13. The zero-order valence-corrected chi connectivity index (χ0v) is 15.0. The van der Waals surface area contributed by atoms with Crippen LogP contribution in [0.25, 0.3) is 0 Å². The number of hydrogen-bond donors (Lipinski definition) is 2. The number of carbonyl (C=O) groups excluding carboxylic acids is 2. The molecule has 0 aromatic heterocycles. The van der Waals surface area contributed by atoms with E-state index in [1.807, 2.05) is 0 Å². The molecule has 0 aliphatic carbocycles. The van der Waals surface area contributed by atoms with Crippen LogP contribution in [0.3, 0.4) is 0 Å². The Morgan fingerprint density at radius 1 is 1.10 bits per heavy atom. The predicted octanol–water partition coefficient (Wildman–Crippen LogP) is 3.18. The second-order valence-corrected chi connectivity index (χ2v) is 5.82. The summed E-state index contributed by atoms with van der Waals surface area (Å²) >= 11 is 0. The number of halogens is 3. The first kappa shape index (κ1) is 21.5. The van der Waals surface area contributed by atoms with E-state index in [1.165, 1.54) is 42.5 Å². The summed E-state index contributed by atoms with van der Waals surface area (Å²) < 4.78 is 36.7. The highest BCUT2D eigenvalue weighted by molar-refractivity contribution is 6.00. The molecule has 152 valence electrons. The van der Waals surface area contributed by atoms with E-state index in [0.29, 0.717) is 11.3 Å². The average molecular weight is 408 g/mol. The second kappa shape index (κ2) is 8.95. The first-order valence-electron chi connectivity index (χ1n) is 8.12. The third-order valence-electron chi connectivity index (χ3n) is 3.71. The van der Waals surface area contributed by atoms with Gasteiger partial charge in [-0.15, -0.1) is 0 Å². The summed E-state index contributed by atoms with van der Waals surface area (Å²) in [5.74, 6) is -2.66. The number of nitro groups is 1. The Balaban J connectivity index is 2.00. The maximum atomic E-state index is 12.2. The fourth-order valence-electron chi connectivity index (χ4n) is 2.26. The highest BCUT2D eigenvalue weighted by atomic mass is 19.4. The van der Waals surface area contributed by atoms with Gasteiger partial charge in [0.1, 0.15) is 0 Å². The Bertz CT molecular complexity index is 956. The molecule has 0 fully saturated rings. The molecule has 0 aliphatic heterocycles. The minimum Gasteiger partial charge on any atom is -0.318 e. The number of amides is 2. The van der Waals surface area contributed by atoms with Crippen LogP contribution in [0.5, 0.6) is 0 Å². The van der Waals surface area contributed by atoms with E-state index in [9.17, 15) is 32.9 Å². The lowest BCUT2D eigenvalue weighted by molar-refractivity contribution is -0.385. The monoisotopic (exact) mass is 408 g/mol. The van der Waals surface area contributed by atoms with Crippen LogP contribution >= 0.6 is 0 Å². The van der Waals surface area contributed by atoms with Crippen LogP contribution in [0, 0.1) is 10.1 Å². The Morgan fingerprint density at radius 2 is 1.72 bits per heavy atom. The molecule has 0 bridgehead atoms. The van der Waals surface area contributed by atoms with Gasteiger partial charge in [0.15, 0.2) is 0 Å². The van der Waals surface area contributed by atoms with Crippen LogP contribution in [-0.2, 0) is 16.0 Å². The maximum absolute atomic E-state index is 12.2. The molecule has 0 saturated carbocycles. The first-order chi connectivity index (χ1) is 13.6. The molecule has 29 heavy (non-hydrogen) atoms. The van der Waals surface area contributed by atoms with Crippen molar-refractivity contribution >= 4 is 28.9 Å². The van der Waals surface area contributed by atoms with Gasteiger partial charge in [-0.25, -0.2) is 5.43 Å². The molecule has 2 rings (SSSR count). The van der Waals surface area contributed by atoms with Crippen molar-refractivity contribution in [1.82, 2.24) is 5.43 Å². The molecule has 0 spiro atoms. The molecule has 2 aromatic carbocycles. The fraction of sp³-hybridized carbons (Fsp3) is 0.167. The Hall–Kier alpha value is -3.76. The van der Waals surface area contributed by atoms with Crippen LogP contribution in [-0.4, -0.2) is 28.6 Å². The largest absolute Gasteiger partial charge is 0.471 e. The number of hydrazone groups is 1. The van der Waals surface area contributed by atoms with Gasteiger partial charge < -0.3 is 5.32 Å². The van der Waals surface area contributed by atoms with Gasteiger partial charge in [-0.3, -0.25) is 19.7 Å². The molecule has 0 radical (unpaired) electrons. The van der Waals surface area contributed by atoms with E-state index in [0.717, 1.165) is 0 Å². The van der Waals surface area contributed by atoms with E-state index < -0.39 is 22.9 Å². The summed E-state index contributed by atoms with van der Waals surface area (Å²) in [4.78, 5) is 33.3. The van der Waals surface area contributed by atoms with Crippen molar-refractivity contribution in [3.8, 4) is 0 Å². The fourth-order valence-corrected chi connectivity index (χ4v) is 2.26. The molecule has 0 unspecified atom stereocenters. The van der Waals surface area contributed by atoms with Gasteiger partial charge in [0.2, 0.25) is 5.91 Å². The van der Waals surface area contributed by atoms with E-state index in [2.05, 4.69) is 10.5 Å². The second-order valence-electron chi connectivity index (χ2n) is 5.82. The zero-order chi connectivity index (χ0) is 21.6. The van der Waals surface area contributed by atoms with E-state index in [-0.39, 0.29) is 23.4 Å². The van der Waals surface area contributed by atoms with Crippen molar-refractivity contribution in [3.05, 3.63) is 69.8 Å². The summed E-state index contributed by atoms with van der Waals surface area (Å²) in [5, 5.41) is 16.5.